The van der Waals surface area contributed by atoms with E-state index in [1.165, 1.54) is 46.9 Å². The van der Waals surface area contributed by atoms with Gasteiger partial charge in [0.1, 0.15) is 17.3 Å². The maximum absolute atomic E-state index is 13.6. The lowest BCUT2D eigenvalue weighted by Crippen LogP contribution is -2.41. The van der Waals surface area contributed by atoms with Gasteiger partial charge in [-0.25, -0.2) is 22.8 Å². The normalized spacial score (nSPS) is 18.9. The molecule has 0 saturated carbocycles. The van der Waals surface area contributed by atoms with E-state index < -0.39 is 39.7 Å². The van der Waals surface area contributed by atoms with Crippen LogP contribution in [0.15, 0.2) is 35.5 Å². The summed E-state index contributed by atoms with van der Waals surface area (Å²) in [7, 11) is 0.661. The molecule has 0 spiro atoms. The third kappa shape index (κ3) is 6.98. The average molecular weight is 676 g/mol. The zero-order valence-electron chi connectivity index (χ0n) is 25.7. The quantitative estimate of drug-likeness (QED) is 0.289. The molecule has 4 heterocycles. The van der Waals surface area contributed by atoms with E-state index >= 15 is 0 Å². The topological polar surface area (TPSA) is 124 Å². The van der Waals surface area contributed by atoms with Crippen LogP contribution in [0, 0.1) is 12.3 Å². The Balaban J connectivity index is 1.72. The van der Waals surface area contributed by atoms with Crippen molar-refractivity contribution in [1.29, 1.82) is 0 Å². The standard InChI is InChI=1S/C27H36F3N7O4S3/c1-17-19(13-35(7)32-17)44(39,40)34-23(38)18-9-10-20(31-22(18)36-15-26(6,43-42-8)14-25(36,4)5)37-12-11-21(33-37)41-16-24(2,3)27(28,29)30/h9-13H,14-16H2,1-8H3,(H,34,38)/t26-/m1/s1. The minimum atomic E-state index is -4.46. The molecule has 11 nitrogen and oxygen atoms in total. The molecule has 0 unspecified atom stereocenters. The number of ether oxygens (including phenoxy) is 1. The van der Waals surface area contributed by atoms with Gasteiger partial charge in [0.2, 0.25) is 5.88 Å². The number of carbonyl (C=O) groups excluding carboxylic acids is 1. The highest BCUT2D eigenvalue weighted by Gasteiger charge is 2.49. The van der Waals surface area contributed by atoms with Gasteiger partial charge in [-0.1, -0.05) is 21.6 Å². The van der Waals surface area contributed by atoms with E-state index in [4.69, 9.17) is 9.72 Å². The van der Waals surface area contributed by atoms with Gasteiger partial charge in [-0.3, -0.25) is 9.48 Å². The zero-order valence-corrected chi connectivity index (χ0v) is 28.1. The van der Waals surface area contributed by atoms with Gasteiger partial charge in [-0.05, 0) is 66.4 Å². The van der Waals surface area contributed by atoms with Crippen molar-refractivity contribution in [3.8, 4) is 11.7 Å². The van der Waals surface area contributed by atoms with Crippen molar-refractivity contribution >= 4 is 43.3 Å². The first kappa shape index (κ1) is 34.0. The number of carbonyl (C=O) groups is 1. The van der Waals surface area contributed by atoms with Crippen LogP contribution in [0.3, 0.4) is 0 Å². The SMILES string of the molecule is CSS[C@@]1(C)CN(c2nc(-n3ccc(OCC(C)(C)C(F)(F)F)n3)ccc2C(=O)NS(=O)(=O)c2cn(C)nc2C)C(C)(C)C1. The van der Waals surface area contributed by atoms with Crippen LogP contribution in [0.4, 0.5) is 19.0 Å². The molecule has 0 aromatic carbocycles. The molecule has 17 heteroatoms. The first-order valence-corrected chi connectivity index (χ1v) is 17.6. The molecule has 4 rings (SSSR count). The Bertz CT molecular complexity index is 1650. The fourth-order valence-electron chi connectivity index (χ4n) is 5.10. The second-order valence-corrected chi connectivity index (χ2v) is 16.9. The number of anilines is 1. The van der Waals surface area contributed by atoms with Gasteiger partial charge in [0, 0.05) is 42.3 Å². The number of sulfonamides is 1. The largest absolute Gasteiger partial charge is 0.476 e. The Morgan fingerprint density at radius 2 is 1.84 bits per heavy atom. The van der Waals surface area contributed by atoms with Crippen LogP contribution in [-0.4, -0.2) is 74.7 Å². The van der Waals surface area contributed by atoms with Crippen LogP contribution >= 0.6 is 21.6 Å². The van der Waals surface area contributed by atoms with Crippen LogP contribution in [0.1, 0.15) is 57.1 Å². The number of nitrogens with zero attached hydrogens (tertiary/aromatic N) is 6. The van der Waals surface area contributed by atoms with E-state index in [-0.39, 0.29) is 38.4 Å². The minimum Gasteiger partial charge on any atom is -0.476 e. The monoisotopic (exact) mass is 675 g/mol. The molecule has 1 amide bonds. The van der Waals surface area contributed by atoms with E-state index in [9.17, 15) is 26.4 Å². The van der Waals surface area contributed by atoms with Gasteiger partial charge in [-0.15, -0.1) is 5.10 Å². The molecule has 242 valence electrons. The number of aromatic nitrogens is 5. The molecule has 0 radical (unpaired) electrons. The summed E-state index contributed by atoms with van der Waals surface area (Å²) in [5.74, 6) is -0.405. The highest BCUT2D eigenvalue weighted by Crippen LogP contribution is 2.49. The fraction of sp³-hybridized carbons (Fsp3) is 0.556. The lowest BCUT2D eigenvalue weighted by Gasteiger charge is -2.33. The van der Waals surface area contributed by atoms with Crippen molar-refractivity contribution in [1.82, 2.24) is 29.3 Å². The molecule has 44 heavy (non-hydrogen) atoms. The third-order valence-electron chi connectivity index (χ3n) is 7.31. The average Bonchev–Trinajstić information content (AvgIpc) is 3.56. The molecule has 1 fully saturated rings. The summed E-state index contributed by atoms with van der Waals surface area (Å²) in [4.78, 5) is 20.2. The van der Waals surface area contributed by atoms with Gasteiger partial charge in [-0.2, -0.15) is 18.3 Å². The predicted octanol–water partition coefficient (Wildman–Crippen LogP) is 5.15. The second-order valence-electron chi connectivity index (χ2n) is 12.3. The van der Waals surface area contributed by atoms with Crippen LogP contribution in [0.25, 0.3) is 5.82 Å². The van der Waals surface area contributed by atoms with Crippen molar-refractivity contribution in [2.45, 2.75) is 69.3 Å². The number of pyridine rings is 1. The Morgan fingerprint density at radius 1 is 1.16 bits per heavy atom. The van der Waals surface area contributed by atoms with Crippen molar-refractivity contribution in [2.24, 2.45) is 12.5 Å². The Hall–Kier alpha value is -2.92. The smallest absolute Gasteiger partial charge is 0.397 e. The summed E-state index contributed by atoms with van der Waals surface area (Å²) in [6, 6.07) is 4.36. The predicted molar refractivity (Wildman–Crippen MR) is 165 cm³/mol. The summed E-state index contributed by atoms with van der Waals surface area (Å²) < 4.78 is 76.2. The fourth-order valence-corrected chi connectivity index (χ4v) is 8.83. The molecule has 3 aromatic rings. The van der Waals surface area contributed by atoms with E-state index in [0.29, 0.717) is 6.54 Å². The van der Waals surface area contributed by atoms with Gasteiger partial charge in [0.15, 0.2) is 5.82 Å². The van der Waals surface area contributed by atoms with Gasteiger partial charge >= 0.3 is 6.18 Å². The van der Waals surface area contributed by atoms with Crippen molar-refractivity contribution in [2.75, 3.05) is 24.3 Å². The van der Waals surface area contributed by atoms with Crippen LogP contribution < -0.4 is 14.4 Å². The van der Waals surface area contributed by atoms with E-state index in [1.807, 2.05) is 25.0 Å². The maximum Gasteiger partial charge on any atom is 0.397 e. The molecule has 1 aliphatic heterocycles. The van der Waals surface area contributed by atoms with Crippen LogP contribution in [-0.2, 0) is 17.1 Å². The molecular formula is C27H36F3N7O4S3. The highest BCUT2D eigenvalue weighted by atomic mass is 33.1. The number of alkyl halides is 3. The zero-order chi connectivity index (χ0) is 32.9. The summed E-state index contributed by atoms with van der Waals surface area (Å²) in [6.45, 7) is 9.65. The number of rotatable bonds is 10. The Morgan fingerprint density at radius 3 is 2.43 bits per heavy atom. The van der Waals surface area contributed by atoms with Crippen molar-refractivity contribution in [3.05, 3.63) is 41.9 Å². The van der Waals surface area contributed by atoms with Crippen LogP contribution in [0.5, 0.6) is 5.88 Å². The molecular weight excluding hydrogens is 640 g/mol. The number of aryl methyl sites for hydroxylation is 2. The molecule has 0 bridgehead atoms. The number of nitrogens with one attached hydrogen (secondary N) is 1. The second kappa shape index (κ2) is 11.8. The van der Waals surface area contributed by atoms with Gasteiger partial charge in [0.25, 0.3) is 15.9 Å². The summed E-state index contributed by atoms with van der Waals surface area (Å²) >= 11 is 0. The Labute approximate surface area is 262 Å². The van der Waals surface area contributed by atoms with E-state index in [0.717, 1.165) is 20.3 Å². The van der Waals surface area contributed by atoms with Crippen LogP contribution in [0.2, 0.25) is 0 Å². The first-order chi connectivity index (χ1) is 20.2. The number of amides is 1. The maximum atomic E-state index is 13.6. The molecule has 1 N–H and O–H groups in total. The molecule has 0 aliphatic carbocycles. The summed E-state index contributed by atoms with van der Waals surface area (Å²) in [5.41, 5.74) is -2.30. The Kier molecular flexibility index (Phi) is 9.09. The molecule has 1 aliphatic rings. The van der Waals surface area contributed by atoms with E-state index in [1.54, 1.807) is 28.6 Å². The minimum absolute atomic E-state index is 0.0286. The number of hydrogen-bond donors (Lipinski definition) is 1. The lowest BCUT2D eigenvalue weighted by molar-refractivity contribution is -0.219. The number of hydrogen-bond acceptors (Lipinski definition) is 10. The molecule has 1 atom stereocenters. The van der Waals surface area contributed by atoms with Gasteiger partial charge in [0.05, 0.1) is 16.7 Å². The number of halogens is 3. The molecule has 3 aromatic heterocycles. The van der Waals surface area contributed by atoms with Gasteiger partial charge < -0.3 is 9.64 Å². The van der Waals surface area contributed by atoms with Crippen molar-refractivity contribution < 1.29 is 31.1 Å². The summed E-state index contributed by atoms with van der Waals surface area (Å²) in [6.07, 6.45) is 1.08. The highest BCUT2D eigenvalue weighted by molar-refractivity contribution is 8.77. The first-order valence-electron chi connectivity index (χ1n) is 13.5. The summed E-state index contributed by atoms with van der Waals surface area (Å²) in [5, 5.41) is 8.31. The molecule has 1 saturated heterocycles. The van der Waals surface area contributed by atoms with E-state index in [2.05, 4.69) is 21.8 Å². The third-order valence-corrected chi connectivity index (χ3v) is 11.3. The lowest BCUT2D eigenvalue weighted by atomic mass is 9.94. The van der Waals surface area contributed by atoms with Crippen molar-refractivity contribution in [3.63, 3.8) is 0 Å².